The molecule has 58 valence electrons. The van der Waals surface area contributed by atoms with Crippen LogP contribution in [0.4, 0.5) is 10.1 Å². The third-order valence-corrected chi connectivity index (χ3v) is 2.75. The molecule has 1 atom stereocenters. The zero-order valence-corrected chi connectivity index (χ0v) is 6.70. The summed E-state index contributed by atoms with van der Waals surface area (Å²) >= 11 is 1.55. The number of alkyl halides is 1. The van der Waals surface area contributed by atoms with E-state index in [9.17, 15) is 4.39 Å². The standard InChI is InChI=1S/C8H8FNS/c9-5-8-10-6-3-1-2-4-7(6)11-8/h1-4,8,10H,5H2. The monoisotopic (exact) mass is 169 g/mol. The number of thioether (sulfide) groups is 1. The average molecular weight is 169 g/mol. The highest BCUT2D eigenvalue weighted by Gasteiger charge is 2.19. The summed E-state index contributed by atoms with van der Waals surface area (Å²) in [4.78, 5) is 1.15. The van der Waals surface area contributed by atoms with Crippen LogP contribution in [0.1, 0.15) is 0 Å². The van der Waals surface area contributed by atoms with Crippen molar-refractivity contribution in [2.24, 2.45) is 0 Å². The fourth-order valence-corrected chi connectivity index (χ4v) is 2.08. The van der Waals surface area contributed by atoms with E-state index in [4.69, 9.17) is 0 Å². The van der Waals surface area contributed by atoms with Crippen LogP contribution in [0, 0.1) is 0 Å². The fraction of sp³-hybridized carbons (Fsp3) is 0.250. The molecule has 1 unspecified atom stereocenters. The van der Waals surface area contributed by atoms with Gasteiger partial charge in [0.25, 0.3) is 0 Å². The van der Waals surface area contributed by atoms with Gasteiger partial charge in [-0.25, -0.2) is 4.39 Å². The van der Waals surface area contributed by atoms with Gasteiger partial charge in [-0.1, -0.05) is 23.9 Å². The molecule has 0 aliphatic carbocycles. The molecule has 1 N–H and O–H groups in total. The summed E-state index contributed by atoms with van der Waals surface area (Å²) in [6.07, 6.45) is 0. The van der Waals surface area contributed by atoms with Crippen LogP contribution in [0.3, 0.4) is 0 Å². The number of benzene rings is 1. The molecule has 0 aromatic heterocycles. The number of halogens is 1. The minimum atomic E-state index is -0.320. The molecule has 1 aromatic rings. The Hall–Kier alpha value is -0.700. The SMILES string of the molecule is FCC1Nc2ccccc2S1. The van der Waals surface area contributed by atoms with Gasteiger partial charge in [-0.2, -0.15) is 0 Å². The van der Waals surface area contributed by atoms with E-state index < -0.39 is 0 Å². The first-order valence-electron chi connectivity index (χ1n) is 3.48. The lowest BCUT2D eigenvalue weighted by atomic mass is 10.3. The Bertz CT molecular complexity index is 239. The Morgan fingerprint density at radius 2 is 2.27 bits per heavy atom. The predicted molar refractivity (Wildman–Crippen MR) is 45.7 cm³/mol. The molecule has 1 aliphatic rings. The number of anilines is 1. The summed E-state index contributed by atoms with van der Waals surface area (Å²) in [5.41, 5.74) is 1.06. The molecule has 0 saturated heterocycles. The quantitative estimate of drug-likeness (QED) is 0.693. The molecular weight excluding hydrogens is 161 g/mol. The molecule has 0 fully saturated rings. The molecule has 0 saturated carbocycles. The zero-order valence-electron chi connectivity index (χ0n) is 5.88. The van der Waals surface area contributed by atoms with Crippen LogP contribution in [0.15, 0.2) is 29.2 Å². The van der Waals surface area contributed by atoms with Crippen molar-refractivity contribution in [2.45, 2.75) is 10.3 Å². The Morgan fingerprint density at radius 1 is 1.45 bits per heavy atom. The predicted octanol–water partition coefficient (Wildman–Crippen LogP) is 2.50. The maximum Gasteiger partial charge on any atom is 0.119 e. The van der Waals surface area contributed by atoms with Gasteiger partial charge in [0, 0.05) is 10.6 Å². The Kier molecular flexibility index (Phi) is 1.74. The molecule has 1 aromatic carbocycles. The van der Waals surface area contributed by atoms with Crippen molar-refractivity contribution in [1.82, 2.24) is 0 Å². The number of hydrogen-bond donors (Lipinski definition) is 1. The van der Waals surface area contributed by atoms with Crippen LogP contribution in [0.2, 0.25) is 0 Å². The molecule has 2 rings (SSSR count). The lowest BCUT2D eigenvalue weighted by molar-refractivity contribution is 0.500. The second-order valence-corrected chi connectivity index (χ2v) is 3.65. The third kappa shape index (κ3) is 1.20. The summed E-state index contributed by atoms with van der Waals surface area (Å²) < 4.78 is 12.2. The minimum absolute atomic E-state index is 0.0765. The molecule has 11 heavy (non-hydrogen) atoms. The van der Waals surface area contributed by atoms with Gasteiger partial charge >= 0.3 is 0 Å². The molecule has 1 aliphatic heterocycles. The Labute approximate surface area is 69.0 Å². The van der Waals surface area contributed by atoms with Gasteiger partial charge in [-0.3, -0.25) is 0 Å². The summed E-state index contributed by atoms with van der Waals surface area (Å²) in [6, 6.07) is 7.89. The van der Waals surface area contributed by atoms with Gasteiger partial charge in [-0.15, -0.1) is 0 Å². The van der Waals surface area contributed by atoms with Crippen molar-refractivity contribution in [3.8, 4) is 0 Å². The van der Waals surface area contributed by atoms with E-state index in [1.807, 2.05) is 24.3 Å². The molecular formula is C8H8FNS. The third-order valence-electron chi connectivity index (χ3n) is 1.61. The van der Waals surface area contributed by atoms with Crippen LogP contribution in [0.5, 0.6) is 0 Å². The number of hydrogen-bond acceptors (Lipinski definition) is 2. The first-order chi connectivity index (χ1) is 5.40. The largest absolute Gasteiger partial charge is 0.370 e. The highest BCUT2D eigenvalue weighted by Crippen LogP contribution is 2.37. The van der Waals surface area contributed by atoms with Crippen molar-refractivity contribution < 1.29 is 4.39 Å². The first kappa shape index (κ1) is 6.98. The summed E-state index contributed by atoms with van der Waals surface area (Å²) in [5, 5.41) is 3.00. The Balaban J connectivity index is 2.27. The lowest BCUT2D eigenvalue weighted by Gasteiger charge is -2.02. The molecule has 0 amide bonds. The number of para-hydroxylation sites is 1. The van der Waals surface area contributed by atoms with Crippen molar-refractivity contribution in [3.05, 3.63) is 24.3 Å². The first-order valence-corrected chi connectivity index (χ1v) is 4.36. The van der Waals surface area contributed by atoms with Crippen molar-refractivity contribution in [1.29, 1.82) is 0 Å². The second-order valence-electron chi connectivity index (χ2n) is 2.40. The highest BCUT2D eigenvalue weighted by molar-refractivity contribution is 8.00. The molecule has 0 radical (unpaired) electrons. The van der Waals surface area contributed by atoms with Crippen molar-refractivity contribution in [2.75, 3.05) is 12.0 Å². The van der Waals surface area contributed by atoms with E-state index in [1.54, 1.807) is 11.8 Å². The van der Waals surface area contributed by atoms with Crippen LogP contribution in [0.25, 0.3) is 0 Å². The van der Waals surface area contributed by atoms with E-state index in [2.05, 4.69) is 5.32 Å². The molecule has 1 nitrogen and oxygen atoms in total. The summed E-state index contributed by atoms with van der Waals surface area (Å²) in [5.74, 6) is 0. The number of rotatable bonds is 1. The van der Waals surface area contributed by atoms with E-state index in [1.165, 1.54) is 0 Å². The van der Waals surface area contributed by atoms with E-state index in [0.717, 1.165) is 10.6 Å². The zero-order chi connectivity index (χ0) is 7.68. The van der Waals surface area contributed by atoms with Crippen molar-refractivity contribution >= 4 is 17.4 Å². The molecule has 0 bridgehead atoms. The maximum atomic E-state index is 12.2. The minimum Gasteiger partial charge on any atom is -0.370 e. The van der Waals surface area contributed by atoms with E-state index in [0.29, 0.717) is 0 Å². The topological polar surface area (TPSA) is 12.0 Å². The summed E-state index contributed by atoms with van der Waals surface area (Å²) in [7, 11) is 0. The van der Waals surface area contributed by atoms with Gasteiger partial charge in [0.15, 0.2) is 0 Å². The molecule has 1 heterocycles. The van der Waals surface area contributed by atoms with Gasteiger partial charge in [0.2, 0.25) is 0 Å². The van der Waals surface area contributed by atoms with Gasteiger partial charge in [0.1, 0.15) is 12.0 Å². The van der Waals surface area contributed by atoms with Gasteiger partial charge < -0.3 is 5.32 Å². The van der Waals surface area contributed by atoms with Crippen LogP contribution in [-0.2, 0) is 0 Å². The lowest BCUT2D eigenvalue weighted by Crippen LogP contribution is -2.11. The highest BCUT2D eigenvalue weighted by atomic mass is 32.2. The maximum absolute atomic E-state index is 12.2. The van der Waals surface area contributed by atoms with E-state index >= 15 is 0 Å². The van der Waals surface area contributed by atoms with Crippen LogP contribution < -0.4 is 5.32 Å². The normalized spacial score (nSPS) is 21.0. The van der Waals surface area contributed by atoms with Crippen molar-refractivity contribution in [3.63, 3.8) is 0 Å². The van der Waals surface area contributed by atoms with Gasteiger partial charge in [0.05, 0.1) is 0 Å². The Morgan fingerprint density at radius 3 is 3.00 bits per heavy atom. The van der Waals surface area contributed by atoms with Gasteiger partial charge in [-0.05, 0) is 12.1 Å². The molecule has 0 spiro atoms. The summed E-state index contributed by atoms with van der Waals surface area (Å²) in [6.45, 7) is -0.320. The molecule has 3 heteroatoms. The average Bonchev–Trinajstić information content (AvgIpc) is 2.46. The van der Waals surface area contributed by atoms with Crippen LogP contribution >= 0.6 is 11.8 Å². The van der Waals surface area contributed by atoms with Crippen LogP contribution in [-0.4, -0.2) is 12.0 Å². The fourth-order valence-electron chi connectivity index (χ4n) is 1.11. The number of nitrogens with one attached hydrogen (secondary N) is 1. The number of fused-ring (bicyclic) bond motifs is 1. The van der Waals surface area contributed by atoms with E-state index in [-0.39, 0.29) is 12.0 Å². The smallest absolute Gasteiger partial charge is 0.119 e. The second kappa shape index (κ2) is 2.74.